The average molecular weight is 188 g/mol. The first-order chi connectivity index (χ1) is 6.92. The van der Waals surface area contributed by atoms with Gasteiger partial charge in [-0.25, -0.2) is 9.97 Å². The molecule has 1 aliphatic rings. The Labute approximate surface area is 81.8 Å². The molecular weight excluding hydrogens is 176 g/mol. The minimum atomic E-state index is 0.746. The lowest BCUT2D eigenvalue weighted by Gasteiger charge is -2.25. The van der Waals surface area contributed by atoms with Crippen molar-refractivity contribution in [1.29, 1.82) is 0 Å². The maximum Gasteiger partial charge on any atom is 0.177 e. The maximum atomic E-state index is 4.44. The van der Waals surface area contributed by atoms with Gasteiger partial charge in [0.2, 0.25) is 0 Å². The lowest BCUT2D eigenvalue weighted by molar-refractivity contribution is 0.342. The monoisotopic (exact) mass is 188 g/mol. The zero-order chi connectivity index (χ0) is 9.38. The molecule has 2 aromatic rings. The Bertz CT molecular complexity index is 411. The van der Waals surface area contributed by atoms with E-state index in [1.807, 2.05) is 12.1 Å². The highest BCUT2D eigenvalue weighted by atomic mass is 15.0. The molecule has 0 saturated carbocycles. The Morgan fingerprint density at radius 2 is 2.36 bits per heavy atom. The van der Waals surface area contributed by atoms with Crippen molar-refractivity contribution in [2.75, 3.05) is 13.1 Å². The Hall–Kier alpha value is -1.42. The van der Waals surface area contributed by atoms with E-state index in [0.717, 1.165) is 42.4 Å². The number of nitrogens with zero attached hydrogens (tertiary/aromatic N) is 2. The van der Waals surface area contributed by atoms with Crippen LogP contribution < -0.4 is 5.32 Å². The summed E-state index contributed by atoms with van der Waals surface area (Å²) in [5.41, 5.74) is 1.87. The number of H-pyrrole nitrogens is 1. The molecule has 14 heavy (non-hydrogen) atoms. The van der Waals surface area contributed by atoms with E-state index in [4.69, 9.17) is 0 Å². The van der Waals surface area contributed by atoms with Gasteiger partial charge in [-0.3, -0.25) is 0 Å². The first kappa shape index (κ1) is 7.94. The fraction of sp³-hybridized carbons (Fsp3) is 0.400. The van der Waals surface area contributed by atoms with Crippen LogP contribution in [0.5, 0.6) is 0 Å². The van der Waals surface area contributed by atoms with E-state index in [2.05, 4.69) is 20.3 Å². The van der Waals surface area contributed by atoms with Crippen molar-refractivity contribution in [3.8, 4) is 0 Å². The molecule has 72 valence electrons. The van der Waals surface area contributed by atoms with Gasteiger partial charge in [-0.2, -0.15) is 0 Å². The van der Waals surface area contributed by atoms with E-state index >= 15 is 0 Å². The van der Waals surface area contributed by atoms with Crippen LogP contribution in [0, 0.1) is 5.92 Å². The molecular formula is C10H12N4. The van der Waals surface area contributed by atoms with E-state index in [9.17, 15) is 0 Å². The zero-order valence-corrected chi connectivity index (χ0v) is 7.83. The number of aromatic amines is 1. The summed E-state index contributed by atoms with van der Waals surface area (Å²) in [6.45, 7) is 2.23. The number of aromatic nitrogens is 3. The third-order valence-corrected chi connectivity index (χ3v) is 2.65. The second-order valence-corrected chi connectivity index (χ2v) is 3.79. The van der Waals surface area contributed by atoms with Crippen molar-refractivity contribution in [3.05, 3.63) is 24.2 Å². The number of imidazole rings is 1. The van der Waals surface area contributed by atoms with Crippen LogP contribution in [0.3, 0.4) is 0 Å². The van der Waals surface area contributed by atoms with Gasteiger partial charge in [0.15, 0.2) is 5.65 Å². The Kier molecular flexibility index (Phi) is 1.73. The third-order valence-electron chi connectivity index (χ3n) is 2.65. The normalized spacial score (nSPS) is 17.1. The molecule has 0 aliphatic carbocycles. The number of rotatable bonds is 2. The fourth-order valence-corrected chi connectivity index (χ4v) is 1.76. The molecule has 1 aliphatic heterocycles. The summed E-state index contributed by atoms with van der Waals surface area (Å²) in [6, 6.07) is 3.94. The van der Waals surface area contributed by atoms with Crippen LogP contribution in [-0.4, -0.2) is 28.0 Å². The molecule has 4 heteroatoms. The molecule has 3 heterocycles. The van der Waals surface area contributed by atoms with Gasteiger partial charge in [0.25, 0.3) is 0 Å². The first-order valence-corrected chi connectivity index (χ1v) is 4.92. The van der Waals surface area contributed by atoms with Gasteiger partial charge in [0.1, 0.15) is 5.82 Å². The quantitative estimate of drug-likeness (QED) is 0.730. The smallest absolute Gasteiger partial charge is 0.177 e. The van der Waals surface area contributed by atoms with Crippen LogP contribution in [-0.2, 0) is 6.42 Å². The maximum absolute atomic E-state index is 4.44. The molecule has 0 spiro atoms. The summed E-state index contributed by atoms with van der Waals surface area (Å²) in [5, 5.41) is 3.26. The van der Waals surface area contributed by atoms with Gasteiger partial charge in [0.05, 0.1) is 5.52 Å². The van der Waals surface area contributed by atoms with Crippen LogP contribution in [0.4, 0.5) is 0 Å². The van der Waals surface area contributed by atoms with Crippen molar-refractivity contribution in [2.45, 2.75) is 6.42 Å². The summed E-state index contributed by atoms with van der Waals surface area (Å²) < 4.78 is 0. The Balaban J connectivity index is 1.89. The molecule has 0 bridgehead atoms. The van der Waals surface area contributed by atoms with Crippen molar-refractivity contribution in [1.82, 2.24) is 20.3 Å². The molecule has 0 radical (unpaired) electrons. The van der Waals surface area contributed by atoms with Crippen molar-refractivity contribution >= 4 is 11.2 Å². The minimum absolute atomic E-state index is 0.746. The molecule has 4 nitrogen and oxygen atoms in total. The zero-order valence-electron chi connectivity index (χ0n) is 7.83. The van der Waals surface area contributed by atoms with E-state index < -0.39 is 0 Å². The highest BCUT2D eigenvalue weighted by molar-refractivity contribution is 5.69. The van der Waals surface area contributed by atoms with Gasteiger partial charge in [-0.05, 0) is 31.1 Å². The Morgan fingerprint density at radius 1 is 1.43 bits per heavy atom. The number of nitrogens with one attached hydrogen (secondary N) is 2. The molecule has 0 atom stereocenters. The van der Waals surface area contributed by atoms with Crippen LogP contribution in [0.15, 0.2) is 18.3 Å². The van der Waals surface area contributed by atoms with Crippen molar-refractivity contribution < 1.29 is 0 Å². The summed E-state index contributed by atoms with van der Waals surface area (Å²) in [5.74, 6) is 1.81. The number of pyridine rings is 1. The van der Waals surface area contributed by atoms with Crippen molar-refractivity contribution in [2.24, 2.45) is 5.92 Å². The average Bonchev–Trinajstić information content (AvgIpc) is 2.53. The molecule has 3 rings (SSSR count). The van der Waals surface area contributed by atoms with Gasteiger partial charge in [-0.15, -0.1) is 0 Å². The molecule has 2 aromatic heterocycles. The standard InChI is InChI=1S/C10H12N4/c1-2-8-10(12-3-1)14-9(13-8)4-7-5-11-6-7/h1-3,7,11H,4-6H2,(H,12,13,14). The van der Waals surface area contributed by atoms with Crippen LogP contribution in [0.1, 0.15) is 5.82 Å². The molecule has 0 aromatic carbocycles. The largest absolute Gasteiger partial charge is 0.341 e. The summed E-state index contributed by atoms with van der Waals surface area (Å²) in [6.07, 6.45) is 2.81. The molecule has 1 saturated heterocycles. The highest BCUT2D eigenvalue weighted by Crippen LogP contribution is 2.13. The molecule has 0 amide bonds. The fourth-order valence-electron chi connectivity index (χ4n) is 1.76. The third kappa shape index (κ3) is 1.28. The molecule has 0 unspecified atom stereocenters. The summed E-state index contributed by atoms with van der Waals surface area (Å²) in [4.78, 5) is 11.9. The van der Waals surface area contributed by atoms with E-state index in [1.165, 1.54) is 0 Å². The molecule has 1 fully saturated rings. The van der Waals surface area contributed by atoms with Gasteiger partial charge < -0.3 is 10.3 Å². The highest BCUT2D eigenvalue weighted by Gasteiger charge is 2.18. The van der Waals surface area contributed by atoms with Gasteiger partial charge >= 0.3 is 0 Å². The first-order valence-electron chi connectivity index (χ1n) is 4.92. The summed E-state index contributed by atoms with van der Waals surface area (Å²) in [7, 11) is 0. The predicted octanol–water partition coefficient (Wildman–Crippen LogP) is 0.720. The number of hydrogen-bond donors (Lipinski definition) is 2. The van der Waals surface area contributed by atoms with Crippen LogP contribution >= 0.6 is 0 Å². The topological polar surface area (TPSA) is 53.6 Å². The second-order valence-electron chi connectivity index (χ2n) is 3.79. The summed E-state index contributed by atoms with van der Waals surface area (Å²) >= 11 is 0. The van der Waals surface area contributed by atoms with Gasteiger partial charge in [-0.1, -0.05) is 0 Å². The van der Waals surface area contributed by atoms with E-state index in [0.29, 0.717) is 0 Å². The number of hydrogen-bond acceptors (Lipinski definition) is 3. The van der Waals surface area contributed by atoms with Gasteiger partial charge in [0, 0.05) is 12.6 Å². The minimum Gasteiger partial charge on any atom is -0.341 e. The second kappa shape index (κ2) is 3.06. The predicted molar refractivity (Wildman–Crippen MR) is 54.0 cm³/mol. The van der Waals surface area contributed by atoms with E-state index in [-0.39, 0.29) is 0 Å². The lowest BCUT2D eigenvalue weighted by Crippen LogP contribution is -2.43. The van der Waals surface area contributed by atoms with Crippen LogP contribution in [0.2, 0.25) is 0 Å². The van der Waals surface area contributed by atoms with E-state index in [1.54, 1.807) is 6.20 Å². The lowest BCUT2D eigenvalue weighted by atomic mass is 9.99. The molecule has 2 N–H and O–H groups in total. The van der Waals surface area contributed by atoms with Crippen LogP contribution in [0.25, 0.3) is 11.2 Å². The van der Waals surface area contributed by atoms with Crippen molar-refractivity contribution in [3.63, 3.8) is 0 Å². The SMILES string of the molecule is c1cnc2nc(CC3CNC3)[nH]c2c1. The Morgan fingerprint density at radius 3 is 3.07 bits per heavy atom. The number of fused-ring (bicyclic) bond motifs is 1.